The molecule has 0 bridgehead atoms. The van der Waals surface area contributed by atoms with E-state index in [1.165, 1.54) is 29.2 Å². The summed E-state index contributed by atoms with van der Waals surface area (Å²) < 4.78 is 14.2. The molecule has 0 radical (unpaired) electrons. The van der Waals surface area contributed by atoms with Crippen LogP contribution in [0, 0.1) is 28.5 Å². The van der Waals surface area contributed by atoms with Crippen LogP contribution in [0.5, 0.6) is 0 Å². The number of hydrogen-bond acceptors (Lipinski definition) is 10. The summed E-state index contributed by atoms with van der Waals surface area (Å²) in [5, 5.41) is 44.0. The first kappa shape index (κ1) is 28.3. The van der Waals surface area contributed by atoms with Crippen LogP contribution in [0.1, 0.15) is 28.8 Å². The Morgan fingerprint density at radius 3 is 2.56 bits per heavy atom. The monoisotopic (exact) mass is 580 g/mol. The van der Waals surface area contributed by atoms with E-state index < -0.39 is 11.9 Å². The molecule has 2 aromatic carbocycles. The fourth-order valence-corrected chi connectivity index (χ4v) is 5.63. The lowest BCUT2D eigenvalue weighted by Crippen LogP contribution is -2.12. The minimum Gasteiger partial charge on any atom is -0.394 e. The molecule has 4 aromatic rings. The number of nitrogen functional groups attached to an aromatic ring is 1. The van der Waals surface area contributed by atoms with Gasteiger partial charge in [-0.05, 0) is 36.1 Å². The molecule has 8 nitrogen and oxygen atoms in total. The Morgan fingerprint density at radius 1 is 1.13 bits per heavy atom. The number of anilines is 3. The number of aryl methyl sites for hydroxylation is 1. The van der Waals surface area contributed by atoms with Gasteiger partial charge in [0, 0.05) is 16.7 Å². The predicted molar refractivity (Wildman–Crippen MR) is 151 cm³/mol. The van der Waals surface area contributed by atoms with E-state index in [-0.39, 0.29) is 34.3 Å². The van der Waals surface area contributed by atoms with Crippen LogP contribution < -0.4 is 11.1 Å². The smallest absolute Gasteiger partial charge is 0.187 e. The van der Waals surface area contributed by atoms with Gasteiger partial charge in [-0.25, -0.2) is 14.4 Å². The summed E-state index contributed by atoms with van der Waals surface area (Å²) in [6.45, 7) is -0.301. The number of aliphatic hydroxyl groups is 2. The third-order valence-electron chi connectivity index (χ3n) is 5.74. The number of pyridine rings is 1. The normalized spacial score (nSPS) is 11.5. The van der Waals surface area contributed by atoms with Crippen LogP contribution in [0.3, 0.4) is 0 Å². The van der Waals surface area contributed by atoms with Crippen LogP contribution in [0.4, 0.5) is 21.0 Å². The van der Waals surface area contributed by atoms with Gasteiger partial charge in [-0.1, -0.05) is 53.7 Å². The van der Waals surface area contributed by atoms with E-state index >= 15 is 0 Å². The second kappa shape index (κ2) is 12.9. The van der Waals surface area contributed by atoms with Gasteiger partial charge >= 0.3 is 0 Å². The summed E-state index contributed by atoms with van der Waals surface area (Å²) in [5.74, 6) is -0.194. The molecular formula is C27H22ClFN6O2S2. The maximum Gasteiger partial charge on any atom is 0.187 e. The number of aromatic nitrogens is 2. The molecule has 2 aromatic heterocycles. The number of thioether (sulfide) groups is 1. The Balaban J connectivity index is 1.56. The lowest BCUT2D eigenvalue weighted by Gasteiger charge is -2.13. The number of rotatable bonds is 10. The third-order valence-corrected chi connectivity index (χ3v) is 7.84. The fraction of sp³-hybridized carbons (Fsp3) is 0.185. The first-order valence-electron chi connectivity index (χ1n) is 11.6. The Hall–Kier alpha value is -3.71. The van der Waals surface area contributed by atoms with Crippen LogP contribution in [-0.4, -0.2) is 32.9 Å². The molecule has 0 unspecified atom stereocenters. The summed E-state index contributed by atoms with van der Waals surface area (Å²) in [7, 11) is 0. The zero-order valence-electron chi connectivity index (χ0n) is 20.4. The van der Waals surface area contributed by atoms with Crippen molar-refractivity contribution in [3.8, 4) is 23.3 Å². The van der Waals surface area contributed by atoms with Gasteiger partial charge in [-0.2, -0.15) is 10.5 Å². The molecule has 0 aliphatic rings. The maximum atomic E-state index is 14.2. The van der Waals surface area contributed by atoms with Crippen LogP contribution >= 0.6 is 34.7 Å². The highest BCUT2D eigenvalue weighted by molar-refractivity contribution is 7.98. The average molecular weight is 581 g/mol. The van der Waals surface area contributed by atoms with E-state index in [1.807, 2.05) is 17.5 Å². The van der Waals surface area contributed by atoms with Gasteiger partial charge in [0.25, 0.3) is 0 Å². The molecule has 4 rings (SSSR count). The van der Waals surface area contributed by atoms with Crippen molar-refractivity contribution < 1.29 is 14.6 Å². The van der Waals surface area contributed by atoms with Crippen molar-refractivity contribution in [2.24, 2.45) is 0 Å². The Morgan fingerprint density at radius 2 is 1.87 bits per heavy atom. The molecule has 5 N–H and O–H groups in total. The fourth-order valence-electron chi connectivity index (χ4n) is 3.74. The van der Waals surface area contributed by atoms with Crippen LogP contribution in [0.25, 0.3) is 11.1 Å². The van der Waals surface area contributed by atoms with Crippen molar-refractivity contribution >= 4 is 51.3 Å². The SMILES string of the molecule is N#Cc1c(N)nc(SCc2csc(Nc3cccc(Cl)c3F)n2)c(C#N)c1-c1ccc(CC[C@@H](O)CO)cc1. The Labute approximate surface area is 237 Å². The standard InChI is InChI=1S/C27H22ClFN6O2S2/c28-21-2-1-3-22(24(21)29)34-27-33-17(14-39-27)13-38-26-20(11-31)23(19(10-30)25(32)35-26)16-7-4-15(5-8-16)6-9-18(37)12-36/h1-5,7-8,14,18,36-37H,6,9,12-13H2,(H2,32,35)(H,33,34)/t18-/m1/s1. The highest BCUT2D eigenvalue weighted by Gasteiger charge is 2.21. The van der Waals surface area contributed by atoms with Crippen molar-refractivity contribution in [3.63, 3.8) is 0 Å². The summed E-state index contributed by atoms with van der Waals surface area (Å²) in [6, 6.07) is 16.2. The minimum absolute atomic E-state index is 0.00628. The number of hydrogen-bond donors (Lipinski definition) is 4. The van der Waals surface area contributed by atoms with Crippen LogP contribution in [0.2, 0.25) is 5.02 Å². The number of benzene rings is 2. The van der Waals surface area contributed by atoms with Gasteiger partial charge in [-0.3, -0.25) is 0 Å². The molecule has 1 atom stereocenters. The van der Waals surface area contributed by atoms with Crippen LogP contribution in [0.15, 0.2) is 52.9 Å². The number of nitrogens with two attached hydrogens (primary N) is 1. The highest BCUT2D eigenvalue weighted by Crippen LogP contribution is 2.37. The first-order valence-corrected chi connectivity index (χ1v) is 13.9. The van der Waals surface area contributed by atoms with E-state index in [9.17, 15) is 20.0 Å². The highest BCUT2D eigenvalue weighted by atomic mass is 35.5. The van der Waals surface area contributed by atoms with Crippen molar-refractivity contribution in [2.75, 3.05) is 17.7 Å². The number of halogens is 2. The van der Waals surface area contributed by atoms with Gasteiger partial charge in [0.05, 0.1) is 34.7 Å². The topological polar surface area (TPSA) is 152 Å². The van der Waals surface area contributed by atoms with Crippen LogP contribution in [-0.2, 0) is 12.2 Å². The van der Waals surface area contributed by atoms with E-state index in [4.69, 9.17) is 22.4 Å². The van der Waals surface area contributed by atoms with Crippen molar-refractivity contribution in [1.29, 1.82) is 10.5 Å². The molecule has 39 heavy (non-hydrogen) atoms. The molecule has 2 heterocycles. The second-order valence-electron chi connectivity index (χ2n) is 8.38. The molecule has 0 amide bonds. The number of nitrogens with one attached hydrogen (secondary N) is 1. The summed E-state index contributed by atoms with van der Waals surface area (Å²) in [6.07, 6.45) is 0.182. The van der Waals surface area contributed by atoms with Gasteiger partial charge in [0.1, 0.15) is 28.5 Å². The number of nitriles is 2. The quantitative estimate of drug-likeness (QED) is 0.174. The molecule has 0 aliphatic carbocycles. The number of aliphatic hydroxyl groups excluding tert-OH is 2. The molecule has 0 saturated carbocycles. The van der Waals surface area contributed by atoms with Crippen molar-refractivity contribution in [3.05, 3.63) is 81.1 Å². The van der Waals surface area contributed by atoms with E-state index in [2.05, 4.69) is 27.4 Å². The lowest BCUT2D eigenvalue weighted by molar-refractivity contribution is 0.0886. The molecular weight excluding hydrogens is 559 g/mol. The van der Waals surface area contributed by atoms with Crippen molar-refractivity contribution in [1.82, 2.24) is 9.97 Å². The van der Waals surface area contributed by atoms with Crippen molar-refractivity contribution in [2.45, 2.75) is 29.7 Å². The zero-order valence-corrected chi connectivity index (χ0v) is 22.7. The molecule has 0 spiro atoms. The molecule has 0 fully saturated rings. The van der Waals surface area contributed by atoms with Gasteiger partial charge in [0.15, 0.2) is 10.9 Å². The lowest BCUT2D eigenvalue weighted by atomic mass is 9.95. The summed E-state index contributed by atoms with van der Waals surface area (Å²) in [5.41, 5.74) is 9.33. The van der Waals surface area contributed by atoms with E-state index in [0.717, 1.165) is 5.56 Å². The maximum absolute atomic E-state index is 14.2. The van der Waals surface area contributed by atoms with Gasteiger partial charge in [0.2, 0.25) is 0 Å². The number of thiazole rings is 1. The van der Waals surface area contributed by atoms with E-state index in [0.29, 0.717) is 45.6 Å². The molecule has 0 saturated heterocycles. The average Bonchev–Trinajstić information content (AvgIpc) is 3.40. The van der Waals surface area contributed by atoms with Gasteiger partial charge in [-0.15, -0.1) is 11.3 Å². The predicted octanol–water partition coefficient (Wildman–Crippen LogP) is 5.64. The van der Waals surface area contributed by atoms with Gasteiger partial charge < -0.3 is 21.3 Å². The zero-order chi connectivity index (χ0) is 27.9. The second-order valence-corrected chi connectivity index (χ2v) is 10.6. The molecule has 12 heteroatoms. The first-order chi connectivity index (χ1) is 18.8. The summed E-state index contributed by atoms with van der Waals surface area (Å²) >= 11 is 8.39. The number of nitrogens with zero attached hydrogens (tertiary/aromatic N) is 4. The molecule has 0 aliphatic heterocycles. The Bertz CT molecular complexity index is 1570. The minimum atomic E-state index is -0.790. The third kappa shape index (κ3) is 6.66. The largest absolute Gasteiger partial charge is 0.394 e. The Kier molecular flexibility index (Phi) is 9.36. The molecule has 198 valence electrons. The van der Waals surface area contributed by atoms with E-state index in [1.54, 1.807) is 24.3 Å². The summed E-state index contributed by atoms with van der Waals surface area (Å²) in [4.78, 5) is 8.81.